The van der Waals surface area contributed by atoms with Gasteiger partial charge in [-0.1, -0.05) is 18.9 Å². The van der Waals surface area contributed by atoms with Crippen molar-refractivity contribution in [3.8, 4) is 17.9 Å². The molecule has 4 nitrogen and oxygen atoms in total. The van der Waals surface area contributed by atoms with Crippen LogP contribution in [-0.4, -0.2) is 25.1 Å². The molecule has 0 N–H and O–H groups in total. The van der Waals surface area contributed by atoms with E-state index in [0.717, 1.165) is 31.5 Å². The third-order valence-corrected chi connectivity index (χ3v) is 3.79. The molecule has 0 aromatic heterocycles. The fourth-order valence-electron chi connectivity index (χ4n) is 2.70. The molecule has 0 amide bonds. The Labute approximate surface area is 120 Å². The quantitative estimate of drug-likeness (QED) is 0.846. The summed E-state index contributed by atoms with van der Waals surface area (Å²) in [5.74, 6) is 0.559. The topological polar surface area (TPSA) is 60.0 Å². The summed E-state index contributed by atoms with van der Waals surface area (Å²) in [4.78, 5) is 2.22. The van der Waals surface area contributed by atoms with Crippen LogP contribution in [0.2, 0.25) is 0 Å². The maximum Gasteiger partial charge on any atom is 0.136 e. The molecular weight excluding hydrogens is 250 g/mol. The molecule has 1 aromatic rings. The van der Waals surface area contributed by atoms with Crippen molar-refractivity contribution in [3.63, 3.8) is 0 Å². The molecule has 1 saturated heterocycles. The summed E-state index contributed by atoms with van der Waals surface area (Å²) in [5.41, 5.74) is 1.37. The van der Waals surface area contributed by atoms with Gasteiger partial charge in [0.15, 0.2) is 0 Å². The van der Waals surface area contributed by atoms with Crippen LogP contribution in [0.4, 0.5) is 0 Å². The standard InChI is InChI=1S/C16H19N3O/c1-20-16-7-6-13(10-14(16)11-17)15(12-18)19-8-4-2-3-5-9-19/h6-7,10,15H,2-5,8-9H2,1H3. The normalized spacial score (nSPS) is 17.6. The van der Waals surface area contributed by atoms with E-state index in [0.29, 0.717) is 11.3 Å². The molecule has 2 rings (SSSR count). The fraction of sp³-hybridized carbons (Fsp3) is 0.500. The summed E-state index contributed by atoms with van der Waals surface area (Å²) >= 11 is 0. The summed E-state index contributed by atoms with van der Waals surface area (Å²) < 4.78 is 5.15. The van der Waals surface area contributed by atoms with Crippen LogP contribution in [0, 0.1) is 22.7 Å². The molecule has 1 aliphatic heterocycles. The van der Waals surface area contributed by atoms with Crippen LogP contribution < -0.4 is 4.74 Å². The lowest BCUT2D eigenvalue weighted by molar-refractivity contribution is 0.245. The summed E-state index contributed by atoms with van der Waals surface area (Å²) in [7, 11) is 1.55. The molecule has 1 aromatic carbocycles. The molecule has 0 spiro atoms. The highest BCUT2D eigenvalue weighted by Crippen LogP contribution is 2.27. The minimum absolute atomic E-state index is 0.272. The molecule has 0 radical (unpaired) electrons. The van der Waals surface area contributed by atoms with E-state index in [9.17, 15) is 5.26 Å². The lowest BCUT2D eigenvalue weighted by atomic mass is 10.0. The molecule has 1 unspecified atom stereocenters. The van der Waals surface area contributed by atoms with Crippen LogP contribution in [-0.2, 0) is 0 Å². The Morgan fingerprint density at radius 1 is 1.15 bits per heavy atom. The van der Waals surface area contributed by atoms with Crippen molar-refractivity contribution in [2.24, 2.45) is 0 Å². The van der Waals surface area contributed by atoms with Gasteiger partial charge in [0.05, 0.1) is 18.7 Å². The lowest BCUT2D eigenvalue weighted by Gasteiger charge is -2.25. The number of hydrogen-bond acceptors (Lipinski definition) is 4. The summed E-state index contributed by atoms with van der Waals surface area (Å²) in [5, 5.41) is 18.7. The second-order valence-corrected chi connectivity index (χ2v) is 5.05. The molecule has 0 saturated carbocycles. The van der Waals surface area contributed by atoms with Crippen molar-refractivity contribution in [2.45, 2.75) is 31.7 Å². The van der Waals surface area contributed by atoms with Crippen molar-refractivity contribution in [2.75, 3.05) is 20.2 Å². The number of rotatable bonds is 3. The third kappa shape index (κ3) is 3.10. The largest absolute Gasteiger partial charge is 0.495 e. The second kappa shape index (κ2) is 6.93. The van der Waals surface area contributed by atoms with Gasteiger partial charge >= 0.3 is 0 Å². The number of nitrogens with zero attached hydrogens (tertiary/aromatic N) is 3. The van der Waals surface area contributed by atoms with Gasteiger partial charge in [0.2, 0.25) is 0 Å². The van der Waals surface area contributed by atoms with Crippen LogP contribution in [0.1, 0.15) is 42.9 Å². The molecule has 1 atom stereocenters. The van der Waals surface area contributed by atoms with E-state index in [4.69, 9.17) is 10.00 Å². The van der Waals surface area contributed by atoms with Gasteiger partial charge in [-0.25, -0.2) is 0 Å². The molecule has 1 fully saturated rings. The van der Waals surface area contributed by atoms with E-state index in [-0.39, 0.29) is 6.04 Å². The predicted octanol–water partition coefficient (Wildman–Crippen LogP) is 3.01. The number of nitriles is 2. The van der Waals surface area contributed by atoms with E-state index in [2.05, 4.69) is 17.0 Å². The minimum atomic E-state index is -0.272. The maximum atomic E-state index is 9.51. The van der Waals surface area contributed by atoms with Crippen LogP contribution in [0.25, 0.3) is 0 Å². The first-order valence-electron chi connectivity index (χ1n) is 7.02. The van der Waals surface area contributed by atoms with E-state index >= 15 is 0 Å². The Bertz CT molecular complexity index is 534. The highest BCUT2D eigenvalue weighted by atomic mass is 16.5. The van der Waals surface area contributed by atoms with Crippen molar-refractivity contribution >= 4 is 0 Å². The van der Waals surface area contributed by atoms with E-state index in [1.807, 2.05) is 6.07 Å². The van der Waals surface area contributed by atoms with Gasteiger partial charge in [0, 0.05) is 0 Å². The lowest BCUT2D eigenvalue weighted by Crippen LogP contribution is -2.29. The number of methoxy groups -OCH3 is 1. The summed E-state index contributed by atoms with van der Waals surface area (Å²) in [6.45, 7) is 1.90. The Morgan fingerprint density at radius 3 is 2.40 bits per heavy atom. The first kappa shape index (κ1) is 14.4. The smallest absolute Gasteiger partial charge is 0.136 e. The SMILES string of the molecule is COc1ccc(C(C#N)N2CCCCCC2)cc1C#N. The van der Waals surface area contributed by atoms with E-state index < -0.39 is 0 Å². The van der Waals surface area contributed by atoms with Gasteiger partial charge in [0.1, 0.15) is 17.9 Å². The van der Waals surface area contributed by atoms with Crippen LogP contribution >= 0.6 is 0 Å². The molecule has 20 heavy (non-hydrogen) atoms. The van der Waals surface area contributed by atoms with Gasteiger partial charge in [-0.2, -0.15) is 10.5 Å². The van der Waals surface area contributed by atoms with Crippen LogP contribution in [0.5, 0.6) is 5.75 Å². The van der Waals surface area contributed by atoms with Gasteiger partial charge < -0.3 is 4.74 Å². The Hall–Kier alpha value is -2.04. The Morgan fingerprint density at radius 2 is 1.85 bits per heavy atom. The number of benzene rings is 1. The first-order valence-corrected chi connectivity index (χ1v) is 7.02. The third-order valence-electron chi connectivity index (χ3n) is 3.79. The number of ether oxygens (including phenoxy) is 1. The molecule has 0 aliphatic carbocycles. The number of hydrogen-bond donors (Lipinski definition) is 0. The molecule has 4 heteroatoms. The average molecular weight is 269 g/mol. The summed E-state index contributed by atoms with van der Waals surface area (Å²) in [6, 6.07) is 9.67. The molecule has 1 aliphatic rings. The van der Waals surface area contributed by atoms with Crippen LogP contribution in [0.15, 0.2) is 18.2 Å². The first-order chi connectivity index (χ1) is 9.80. The molecule has 0 bridgehead atoms. The van der Waals surface area contributed by atoms with E-state index in [1.165, 1.54) is 12.8 Å². The maximum absolute atomic E-state index is 9.51. The zero-order valence-electron chi connectivity index (χ0n) is 11.8. The van der Waals surface area contributed by atoms with Gasteiger partial charge in [-0.15, -0.1) is 0 Å². The average Bonchev–Trinajstić information content (AvgIpc) is 2.77. The highest BCUT2D eigenvalue weighted by molar-refractivity contribution is 5.46. The molecule has 1 heterocycles. The zero-order chi connectivity index (χ0) is 14.4. The monoisotopic (exact) mass is 269 g/mol. The fourth-order valence-corrected chi connectivity index (χ4v) is 2.70. The number of likely N-dealkylation sites (tertiary alicyclic amines) is 1. The van der Waals surface area contributed by atoms with Gasteiger partial charge in [0.25, 0.3) is 0 Å². The van der Waals surface area contributed by atoms with Gasteiger partial charge in [-0.3, -0.25) is 4.90 Å². The summed E-state index contributed by atoms with van der Waals surface area (Å²) in [6.07, 6.45) is 4.75. The Kier molecular flexibility index (Phi) is 4.98. The van der Waals surface area contributed by atoms with Crippen LogP contribution in [0.3, 0.4) is 0 Å². The second-order valence-electron chi connectivity index (χ2n) is 5.05. The zero-order valence-corrected chi connectivity index (χ0v) is 11.8. The minimum Gasteiger partial charge on any atom is -0.495 e. The van der Waals surface area contributed by atoms with Gasteiger partial charge in [-0.05, 0) is 43.6 Å². The molecule has 104 valence electrons. The Balaban J connectivity index is 2.27. The van der Waals surface area contributed by atoms with Crippen molar-refractivity contribution in [3.05, 3.63) is 29.3 Å². The van der Waals surface area contributed by atoms with Crippen molar-refractivity contribution in [1.82, 2.24) is 4.90 Å². The molecular formula is C16H19N3O. The van der Waals surface area contributed by atoms with Crippen molar-refractivity contribution < 1.29 is 4.74 Å². The van der Waals surface area contributed by atoms with Crippen molar-refractivity contribution in [1.29, 1.82) is 10.5 Å². The predicted molar refractivity (Wildman–Crippen MR) is 76.1 cm³/mol. The van der Waals surface area contributed by atoms with E-state index in [1.54, 1.807) is 19.2 Å². The highest BCUT2D eigenvalue weighted by Gasteiger charge is 2.22.